The van der Waals surface area contributed by atoms with Gasteiger partial charge in [-0.2, -0.15) is 0 Å². The summed E-state index contributed by atoms with van der Waals surface area (Å²) in [6, 6.07) is 6.13. The molecule has 0 amide bonds. The number of carbonyl (C=O) groups is 1. The first-order chi connectivity index (χ1) is 12.7. The van der Waals surface area contributed by atoms with E-state index in [1.54, 1.807) is 46.8 Å². The van der Waals surface area contributed by atoms with Crippen LogP contribution in [0.5, 0.6) is 0 Å². The molecule has 0 aliphatic rings. The van der Waals surface area contributed by atoms with Gasteiger partial charge in [0.15, 0.2) is 9.84 Å². The minimum atomic E-state index is -3.53. The normalized spacial score (nSPS) is 13.1. The van der Waals surface area contributed by atoms with Gasteiger partial charge in [-0.15, -0.1) is 0 Å². The number of carbonyl (C=O) groups excluding carboxylic acids is 1. The molecule has 1 N–H and O–H groups in total. The van der Waals surface area contributed by atoms with Gasteiger partial charge in [-0.05, 0) is 65.2 Å². The molecule has 0 heterocycles. The maximum Gasteiger partial charge on any atom is 0.240 e. The van der Waals surface area contributed by atoms with Crippen LogP contribution in [0.15, 0.2) is 29.2 Å². The Morgan fingerprint density at radius 3 is 2.04 bits per heavy atom. The Morgan fingerprint density at radius 1 is 0.964 bits per heavy atom. The van der Waals surface area contributed by atoms with Crippen molar-refractivity contribution in [2.24, 2.45) is 0 Å². The second kappa shape index (κ2) is 9.98. The largest absolute Gasteiger partial charge is 0.299 e. The lowest BCUT2D eigenvalue weighted by molar-refractivity contribution is -0.118. The van der Waals surface area contributed by atoms with E-state index in [1.165, 1.54) is 12.1 Å². The van der Waals surface area contributed by atoms with E-state index in [2.05, 4.69) is 4.72 Å². The molecule has 0 fully saturated rings. The van der Waals surface area contributed by atoms with Crippen molar-refractivity contribution < 1.29 is 21.6 Å². The lowest BCUT2D eigenvalue weighted by Crippen LogP contribution is -2.30. The lowest BCUT2D eigenvalue weighted by atomic mass is 10.0. The van der Waals surface area contributed by atoms with Gasteiger partial charge in [-0.1, -0.05) is 18.6 Å². The topological polar surface area (TPSA) is 97.4 Å². The average molecular weight is 432 g/mol. The van der Waals surface area contributed by atoms with E-state index in [9.17, 15) is 21.6 Å². The number of sulfonamides is 1. The van der Waals surface area contributed by atoms with Gasteiger partial charge in [0.2, 0.25) is 10.0 Å². The summed E-state index contributed by atoms with van der Waals surface area (Å²) >= 11 is 0. The van der Waals surface area contributed by atoms with Crippen LogP contribution in [0.3, 0.4) is 0 Å². The summed E-state index contributed by atoms with van der Waals surface area (Å²) in [6.07, 6.45) is 2.55. The molecule has 1 aromatic carbocycles. The highest BCUT2D eigenvalue weighted by Gasteiger charge is 2.27. The van der Waals surface area contributed by atoms with E-state index in [1.807, 2.05) is 0 Å². The Kier molecular flexibility index (Phi) is 8.84. The minimum absolute atomic E-state index is 0.0644. The van der Waals surface area contributed by atoms with Crippen LogP contribution in [0.4, 0.5) is 0 Å². The number of Topliss-reactive ketones (excluding diaryl/α,β-unsaturated/α-hetero) is 1. The Balaban J connectivity index is 2.44. The average Bonchev–Trinajstić information content (AvgIpc) is 2.52. The van der Waals surface area contributed by atoms with Crippen LogP contribution in [0.2, 0.25) is 0 Å². The Hall–Kier alpha value is -1.25. The molecule has 0 saturated carbocycles. The van der Waals surface area contributed by atoms with Gasteiger partial charge in [0.25, 0.3) is 0 Å². The SMILES string of the molecule is CC(C)NS(=O)(=O)c1ccc(CC(=O)CCCCCS(=O)(=O)C(C)(C)C)cc1. The zero-order valence-corrected chi connectivity index (χ0v) is 19.1. The zero-order valence-electron chi connectivity index (χ0n) is 17.5. The van der Waals surface area contributed by atoms with Crippen molar-refractivity contribution in [3.05, 3.63) is 29.8 Å². The molecule has 8 heteroatoms. The Bertz CT molecular complexity index is 849. The van der Waals surface area contributed by atoms with Crippen LogP contribution in [0.25, 0.3) is 0 Å². The van der Waals surface area contributed by atoms with E-state index < -0.39 is 24.6 Å². The second-order valence-corrected chi connectivity index (χ2v) is 13.0. The highest BCUT2D eigenvalue weighted by atomic mass is 32.2. The summed E-state index contributed by atoms with van der Waals surface area (Å²) in [5, 5.41) is 0. The number of ketones is 1. The molecule has 6 nitrogen and oxygen atoms in total. The van der Waals surface area contributed by atoms with E-state index in [0.717, 1.165) is 5.56 Å². The molecule has 0 saturated heterocycles. The molecule has 28 heavy (non-hydrogen) atoms. The van der Waals surface area contributed by atoms with Crippen LogP contribution in [-0.4, -0.2) is 39.2 Å². The van der Waals surface area contributed by atoms with Gasteiger partial charge in [-0.25, -0.2) is 21.6 Å². The third-order valence-electron chi connectivity index (χ3n) is 4.33. The summed E-state index contributed by atoms with van der Waals surface area (Å²) in [5.41, 5.74) is 0.767. The fourth-order valence-electron chi connectivity index (χ4n) is 2.58. The number of sulfone groups is 1. The zero-order chi connectivity index (χ0) is 21.6. The number of unbranched alkanes of at least 4 members (excludes halogenated alkanes) is 2. The molecule has 0 atom stereocenters. The van der Waals surface area contributed by atoms with E-state index >= 15 is 0 Å². The summed E-state index contributed by atoms with van der Waals surface area (Å²) in [6.45, 7) is 8.59. The van der Waals surface area contributed by atoms with Crippen molar-refractivity contribution in [3.8, 4) is 0 Å². The predicted octanol–water partition coefficient (Wildman–Crippen LogP) is 3.26. The maximum absolute atomic E-state index is 12.1. The third kappa shape index (κ3) is 8.01. The Labute approximate surface area is 170 Å². The molecule has 0 aromatic heterocycles. The van der Waals surface area contributed by atoms with Crippen molar-refractivity contribution in [3.63, 3.8) is 0 Å². The molecule has 160 valence electrons. The molecule has 0 aliphatic carbocycles. The molecular weight excluding hydrogens is 398 g/mol. The molecule has 1 aromatic rings. The molecule has 0 unspecified atom stereocenters. The summed E-state index contributed by atoms with van der Waals surface area (Å²) < 4.78 is 50.0. The van der Waals surface area contributed by atoms with E-state index in [4.69, 9.17) is 0 Å². The first kappa shape index (κ1) is 24.8. The fourth-order valence-corrected chi connectivity index (χ4v) is 5.03. The molecular formula is C20H33NO5S2. The van der Waals surface area contributed by atoms with Crippen molar-refractivity contribution in [1.82, 2.24) is 4.72 Å². The first-order valence-electron chi connectivity index (χ1n) is 9.60. The summed E-state index contributed by atoms with van der Waals surface area (Å²) in [4.78, 5) is 12.3. The highest BCUT2D eigenvalue weighted by molar-refractivity contribution is 7.92. The molecule has 0 bridgehead atoms. The van der Waals surface area contributed by atoms with Crippen LogP contribution >= 0.6 is 0 Å². The van der Waals surface area contributed by atoms with Crippen LogP contribution in [0, 0.1) is 0 Å². The number of hydrogen-bond donors (Lipinski definition) is 1. The van der Waals surface area contributed by atoms with Gasteiger partial charge < -0.3 is 0 Å². The molecule has 0 radical (unpaired) electrons. The predicted molar refractivity (Wildman–Crippen MR) is 113 cm³/mol. The van der Waals surface area contributed by atoms with Gasteiger partial charge >= 0.3 is 0 Å². The van der Waals surface area contributed by atoms with Gasteiger partial charge in [0, 0.05) is 18.9 Å². The standard InChI is InChI=1S/C20H33NO5S2/c1-16(2)21-28(25,26)19-12-10-17(11-13-19)15-18(22)9-7-6-8-14-27(23,24)20(3,4)5/h10-13,16,21H,6-9,14-15H2,1-5H3. The summed E-state index contributed by atoms with van der Waals surface area (Å²) in [5.74, 6) is 0.208. The van der Waals surface area contributed by atoms with Gasteiger partial charge in [-0.3, -0.25) is 4.79 Å². The number of benzene rings is 1. The van der Waals surface area contributed by atoms with Crippen LogP contribution in [-0.2, 0) is 31.1 Å². The highest BCUT2D eigenvalue weighted by Crippen LogP contribution is 2.18. The van der Waals surface area contributed by atoms with Crippen LogP contribution < -0.4 is 4.72 Å². The van der Waals surface area contributed by atoms with Crippen molar-refractivity contribution in [1.29, 1.82) is 0 Å². The fraction of sp³-hybridized carbons (Fsp3) is 0.650. The smallest absolute Gasteiger partial charge is 0.240 e. The number of hydrogen-bond acceptors (Lipinski definition) is 5. The van der Waals surface area contributed by atoms with Crippen LogP contribution in [0.1, 0.15) is 65.9 Å². The molecule has 1 rings (SSSR count). The monoisotopic (exact) mass is 431 g/mol. The van der Waals surface area contributed by atoms with Crippen molar-refractivity contribution in [2.75, 3.05) is 5.75 Å². The van der Waals surface area contributed by atoms with Crippen molar-refractivity contribution >= 4 is 25.6 Å². The molecule has 0 spiro atoms. The lowest BCUT2D eigenvalue weighted by Gasteiger charge is -2.18. The Morgan fingerprint density at radius 2 is 1.54 bits per heavy atom. The first-order valence-corrected chi connectivity index (χ1v) is 12.7. The van der Waals surface area contributed by atoms with Gasteiger partial charge in [0.1, 0.15) is 5.78 Å². The summed E-state index contributed by atoms with van der Waals surface area (Å²) in [7, 11) is -6.64. The van der Waals surface area contributed by atoms with Crippen molar-refractivity contribution in [2.45, 2.75) is 82.4 Å². The second-order valence-electron chi connectivity index (χ2n) is 8.38. The number of nitrogens with one attached hydrogen (secondary N) is 1. The van der Waals surface area contributed by atoms with Gasteiger partial charge in [0.05, 0.1) is 15.4 Å². The minimum Gasteiger partial charge on any atom is -0.299 e. The third-order valence-corrected chi connectivity index (χ3v) is 8.69. The van der Waals surface area contributed by atoms with E-state index in [0.29, 0.717) is 25.7 Å². The maximum atomic E-state index is 12.1. The number of rotatable bonds is 11. The molecule has 0 aliphatic heterocycles. The quantitative estimate of drug-likeness (QED) is 0.542. The van der Waals surface area contributed by atoms with E-state index in [-0.39, 0.29) is 28.9 Å².